The van der Waals surface area contributed by atoms with Gasteiger partial charge in [0.15, 0.2) is 0 Å². The van der Waals surface area contributed by atoms with Crippen molar-refractivity contribution >= 4 is 39.1 Å². The predicted molar refractivity (Wildman–Crippen MR) is 94.4 cm³/mol. The monoisotopic (exact) mass is 390 g/mol. The summed E-state index contributed by atoms with van der Waals surface area (Å²) in [7, 11) is 0. The molecule has 2 aromatic rings. The van der Waals surface area contributed by atoms with E-state index in [2.05, 4.69) is 21.2 Å². The molecule has 6 heteroatoms. The van der Waals surface area contributed by atoms with Gasteiger partial charge in [-0.05, 0) is 55.0 Å². The highest BCUT2D eigenvalue weighted by Crippen LogP contribution is 2.30. The van der Waals surface area contributed by atoms with Crippen molar-refractivity contribution in [1.82, 2.24) is 0 Å². The van der Waals surface area contributed by atoms with Gasteiger partial charge in [0, 0.05) is 28.8 Å². The Labute approximate surface area is 147 Å². The van der Waals surface area contributed by atoms with Gasteiger partial charge in [0.2, 0.25) is 11.8 Å². The lowest BCUT2D eigenvalue weighted by molar-refractivity contribution is -0.122. The molecule has 1 saturated heterocycles. The summed E-state index contributed by atoms with van der Waals surface area (Å²) in [6.45, 7) is 2.27. The molecule has 124 valence electrons. The van der Waals surface area contributed by atoms with E-state index in [1.165, 1.54) is 24.3 Å². The third-order valence-corrected chi connectivity index (χ3v) is 4.55. The Hall–Kier alpha value is -2.21. The molecule has 1 fully saturated rings. The van der Waals surface area contributed by atoms with Crippen LogP contribution in [0.25, 0.3) is 0 Å². The van der Waals surface area contributed by atoms with Crippen LogP contribution in [0.4, 0.5) is 15.8 Å². The number of amides is 2. The fourth-order valence-corrected chi connectivity index (χ4v) is 3.29. The average molecular weight is 391 g/mol. The predicted octanol–water partition coefficient (Wildman–Crippen LogP) is 3.89. The SMILES string of the molecule is Cc1cc(Br)ccc1N1CC(C(=O)Nc2ccc(F)cc2)CC1=O. The number of anilines is 2. The third kappa shape index (κ3) is 3.48. The van der Waals surface area contributed by atoms with Gasteiger partial charge in [-0.15, -0.1) is 0 Å². The van der Waals surface area contributed by atoms with Gasteiger partial charge in [-0.2, -0.15) is 0 Å². The molecule has 24 heavy (non-hydrogen) atoms. The Morgan fingerprint density at radius 2 is 1.96 bits per heavy atom. The van der Waals surface area contributed by atoms with Gasteiger partial charge in [0.25, 0.3) is 0 Å². The number of nitrogens with zero attached hydrogens (tertiary/aromatic N) is 1. The highest BCUT2D eigenvalue weighted by atomic mass is 79.9. The maximum atomic E-state index is 12.9. The van der Waals surface area contributed by atoms with Crippen molar-refractivity contribution in [2.24, 2.45) is 5.92 Å². The summed E-state index contributed by atoms with van der Waals surface area (Å²) in [5.74, 6) is -1.08. The van der Waals surface area contributed by atoms with Crippen LogP contribution >= 0.6 is 15.9 Å². The highest BCUT2D eigenvalue weighted by Gasteiger charge is 2.35. The minimum Gasteiger partial charge on any atom is -0.326 e. The zero-order chi connectivity index (χ0) is 17.3. The van der Waals surface area contributed by atoms with E-state index >= 15 is 0 Å². The van der Waals surface area contributed by atoms with Crippen LogP contribution in [-0.2, 0) is 9.59 Å². The first-order valence-electron chi connectivity index (χ1n) is 7.57. The quantitative estimate of drug-likeness (QED) is 0.863. The van der Waals surface area contributed by atoms with Crippen molar-refractivity contribution in [2.45, 2.75) is 13.3 Å². The largest absolute Gasteiger partial charge is 0.326 e. The van der Waals surface area contributed by atoms with Crippen LogP contribution in [0.1, 0.15) is 12.0 Å². The van der Waals surface area contributed by atoms with E-state index in [0.29, 0.717) is 12.2 Å². The van der Waals surface area contributed by atoms with Crippen LogP contribution in [0.2, 0.25) is 0 Å². The Kier molecular flexibility index (Phi) is 4.66. The second-order valence-electron chi connectivity index (χ2n) is 5.83. The first kappa shape index (κ1) is 16.6. The standard InChI is InChI=1S/C18H16BrFN2O2/c1-11-8-13(19)2-7-16(11)22-10-12(9-17(22)23)18(24)21-15-5-3-14(20)4-6-15/h2-8,12H,9-10H2,1H3,(H,21,24). The second kappa shape index (κ2) is 6.73. The van der Waals surface area contributed by atoms with E-state index in [1.54, 1.807) is 4.90 Å². The minimum atomic E-state index is -0.425. The van der Waals surface area contributed by atoms with Crippen molar-refractivity contribution in [1.29, 1.82) is 0 Å². The number of benzene rings is 2. The lowest BCUT2D eigenvalue weighted by atomic mass is 10.1. The van der Waals surface area contributed by atoms with Crippen LogP contribution < -0.4 is 10.2 Å². The second-order valence-corrected chi connectivity index (χ2v) is 6.75. The molecule has 1 N–H and O–H groups in total. The molecule has 0 radical (unpaired) electrons. The van der Waals surface area contributed by atoms with E-state index in [-0.39, 0.29) is 24.1 Å². The fraction of sp³-hybridized carbons (Fsp3) is 0.222. The lowest BCUT2D eigenvalue weighted by Gasteiger charge is -2.19. The molecule has 1 atom stereocenters. The topological polar surface area (TPSA) is 49.4 Å². The molecule has 1 aliphatic rings. The summed E-state index contributed by atoms with van der Waals surface area (Å²) >= 11 is 3.40. The van der Waals surface area contributed by atoms with Crippen molar-refractivity contribution in [3.05, 3.63) is 58.3 Å². The van der Waals surface area contributed by atoms with Gasteiger partial charge in [0.1, 0.15) is 5.82 Å². The van der Waals surface area contributed by atoms with Gasteiger partial charge in [-0.25, -0.2) is 4.39 Å². The molecule has 1 aliphatic heterocycles. The van der Waals surface area contributed by atoms with Gasteiger partial charge in [0.05, 0.1) is 5.92 Å². The van der Waals surface area contributed by atoms with Crippen LogP contribution in [0.5, 0.6) is 0 Å². The Morgan fingerprint density at radius 3 is 2.62 bits per heavy atom. The van der Waals surface area contributed by atoms with Gasteiger partial charge < -0.3 is 10.2 Å². The van der Waals surface area contributed by atoms with E-state index in [4.69, 9.17) is 0 Å². The number of carbonyl (C=O) groups is 2. The molecule has 4 nitrogen and oxygen atoms in total. The molecule has 3 rings (SSSR count). The molecule has 2 aromatic carbocycles. The Bertz CT molecular complexity index is 792. The summed E-state index contributed by atoms with van der Waals surface area (Å²) < 4.78 is 13.9. The summed E-state index contributed by atoms with van der Waals surface area (Å²) in [5, 5.41) is 2.74. The number of rotatable bonds is 3. The van der Waals surface area contributed by atoms with Crippen LogP contribution in [-0.4, -0.2) is 18.4 Å². The van der Waals surface area contributed by atoms with E-state index in [1.807, 2.05) is 25.1 Å². The Balaban J connectivity index is 1.72. The molecular weight excluding hydrogens is 375 g/mol. The summed E-state index contributed by atoms with van der Waals surface area (Å²) in [6, 6.07) is 11.3. The lowest BCUT2D eigenvalue weighted by Crippen LogP contribution is -2.28. The maximum absolute atomic E-state index is 12.9. The molecule has 1 unspecified atom stereocenters. The molecule has 0 aromatic heterocycles. The zero-order valence-corrected chi connectivity index (χ0v) is 14.6. The summed E-state index contributed by atoms with van der Waals surface area (Å²) in [5.41, 5.74) is 2.31. The van der Waals surface area contributed by atoms with Crippen molar-refractivity contribution < 1.29 is 14.0 Å². The highest BCUT2D eigenvalue weighted by molar-refractivity contribution is 9.10. The third-order valence-electron chi connectivity index (χ3n) is 4.06. The van der Waals surface area contributed by atoms with Gasteiger partial charge in [-0.3, -0.25) is 9.59 Å². The molecule has 1 heterocycles. The fourth-order valence-electron chi connectivity index (χ4n) is 2.82. The van der Waals surface area contributed by atoms with E-state index in [0.717, 1.165) is 15.7 Å². The average Bonchev–Trinajstić information content (AvgIpc) is 2.91. The number of hydrogen-bond donors (Lipinski definition) is 1. The summed E-state index contributed by atoms with van der Waals surface area (Å²) in [4.78, 5) is 26.3. The van der Waals surface area contributed by atoms with Crippen molar-refractivity contribution in [2.75, 3.05) is 16.8 Å². The number of carbonyl (C=O) groups excluding carboxylic acids is 2. The van der Waals surface area contributed by atoms with E-state index in [9.17, 15) is 14.0 Å². The Morgan fingerprint density at radius 1 is 1.25 bits per heavy atom. The molecule has 0 saturated carbocycles. The molecule has 0 spiro atoms. The first-order valence-corrected chi connectivity index (χ1v) is 8.36. The van der Waals surface area contributed by atoms with Crippen LogP contribution in [0, 0.1) is 18.7 Å². The zero-order valence-electron chi connectivity index (χ0n) is 13.1. The maximum Gasteiger partial charge on any atom is 0.229 e. The minimum absolute atomic E-state index is 0.0697. The normalized spacial score (nSPS) is 17.2. The molecule has 0 bridgehead atoms. The first-order chi connectivity index (χ1) is 11.4. The molecule has 0 aliphatic carbocycles. The number of nitrogens with one attached hydrogen (secondary N) is 1. The number of aryl methyl sites for hydroxylation is 1. The number of halogens is 2. The van der Waals surface area contributed by atoms with Crippen LogP contribution in [0.15, 0.2) is 46.9 Å². The smallest absolute Gasteiger partial charge is 0.229 e. The summed E-state index contributed by atoms with van der Waals surface area (Å²) in [6.07, 6.45) is 0.169. The van der Waals surface area contributed by atoms with Gasteiger partial charge >= 0.3 is 0 Å². The van der Waals surface area contributed by atoms with E-state index < -0.39 is 5.92 Å². The molecule has 2 amide bonds. The number of hydrogen-bond acceptors (Lipinski definition) is 2. The van der Waals surface area contributed by atoms with Crippen molar-refractivity contribution in [3.63, 3.8) is 0 Å². The van der Waals surface area contributed by atoms with Gasteiger partial charge in [-0.1, -0.05) is 15.9 Å². The van der Waals surface area contributed by atoms with Crippen LogP contribution in [0.3, 0.4) is 0 Å². The van der Waals surface area contributed by atoms with Crippen molar-refractivity contribution in [3.8, 4) is 0 Å². The molecular formula is C18H16BrFN2O2.